The van der Waals surface area contributed by atoms with Crippen LogP contribution in [0.2, 0.25) is 10.0 Å². The van der Waals surface area contributed by atoms with Crippen LogP contribution < -0.4 is 4.74 Å². The summed E-state index contributed by atoms with van der Waals surface area (Å²) in [6.45, 7) is 0.600. The van der Waals surface area contributed by atoms with Gasteiger partial charge in [-0.15, -0.1) is 0 Å². The third-order valence-electron chi connectivity index (χ3n) is 4.43. The minimum Gasteiger partial charge on any atom is -0.457 e. The molecule has 162 valence electrons. The first-order chi connectivity index (χ1) is 15.6. The minimum atomic E-state index is 0.210. The van der Waals surface area contributed by atoms with Gasteiger partial charge in [-0.05, 0) is 60.7 Å². The number of benzene rings is 3. The fourth-order valence-corrected chi connectivity index (χ4v) is 3.54. The molecule has 0 unspecified atom stereocenters. The highest BCUT2D eigenvalue weighted by molar-refractivity contribution is 9.10. The molecule has 4 rings (SSSR count). The Labute approximate surface area is 203 Å². The van der Waals surface area contributed by atoms with Gasteiger partial charge in [0.1, 0.15) is 36.5 Å². The zero-order valence-corrected chi connectivity index (χ0v) is 19.8. The molecule has 0 aliphatic carbocycles. The summed E-state index contributed by atoms with van der Waals surface area (Å²) in [4.78, 5) is 9.59. The minimum absolute atomic E-state index is 0.210. The summed E-state index contributed by atoms with van der Waals surface area (Å²) in [5.74, 6) is 1.46. The van der Waals surface area contributed by atoms with E-state index in [2.05, 4.69) is 31.2 Å². The molecule has 0 aliphatic rings. The van der Waals surface area contributed by atoms with E-state index >= 15 is 0 Å². The molecule has 0 saturated carbocycles. The number of rotatable bonds is 8. The molecule has 1 heterocycles. The summed E-state index contributed by atoms with van der Waals surface area (Å²) in [5, 5.41) is 9.60. The maximum absolute atomic E-state index is 6.22. The Morgan fingerprint density at radius 3 is 2.34 bits per heavy atom. The lowest BCUT2D eigenvalue weighted by Crippen LogP contribution is -2.13. The van der Waals surface area contributed by atoms with Crippen LogP contribution in [-0.2, 0) is 18.0 Å². The molecule has 0 saturated heterocycles. The van der Waals surface area contributed by atoms with Crippen molar-refractivity contribution in [2.45, 2.75) is 13.2 Å². The molecule has 32 heavy (non-hydrogen) atoms. The van der Waals surface area contributed by atoms with Crippen LogP contribution in [0.15, 0.2) is 89.0 Å². The van der Waals surface area contributed by atoms with Crippen LogP contribution in [0, 0.1) is 0 Å². The number of halogens is 3. The number of nitrogens with zero attached hydrogens (tertiary/aromatic N) is 4. The van der Waals surface area contributed by atoms with Gasteiger partial charge in [0.05, 0.1) is 6.54 Å². The first kappa shape index (κ1) is 22.3. The highest BCUT2D eigenvalue weighted by atomic mass is 79.9. The van der Waals surface area contributed by atoms with E-state index in [0.29, 0.717) is 28.1 Å². The molecule has 0 N–H and O–H groups in total. The first-order valence-electron chi connectivity index (χ1n) is 9.56. The lowest BCUT2D eigenvalue weighted by molar-refractivity contribution is 0.130. The summed E-state index contributed by atoms with van der Waals surface area (Å²) in [7, 11) is 0. The van der Waals surface area contributed by atoms with Crippen molar-refractivity contribution in [2.75, 3.05) is 0 Å². The fraction of sp³-hybridized carbons (Fsp3) is 0.0870. The third kappa shape index (κ3) is 6.09. The summed E-state index contributed by atoms with van der Waals surface area (Å²) in [5.41, 5.74) is 2.33. The van der Waals surface area contributed by atoms with Crippen LogP contribution in [0.3, 0.4) is 0 Å². The smallest absolute Gasteiger partial charge is 0.143 e. The van der Waals surface area contributed by atoms with Gasteiger partial charge in [-0.2, -0.15) is 5.10 Å². The second-order valence-electron chi connectivity index (χ2n) is 6.72. The van der Waals surface area contributed by atoms with E-state index in [4.69, 9.17) is 32.8 Å². The Morgan fingerprint density at radius 1 is 0.969 bits per heavy atom. The molecule has 0 bridgehead atoms. The third-order valence-corrected chi connectivity index (χ3v) is 5.54. The second-order valence-corrected chi connectivity index (χ2v) is 8.48. The Hall–Kier alpha value is -2.87. The Balaban J connectivity index is 1.50. The zero-order valence-electron chi connectivity index (χ0n) is 16.7. The Bertz CT molecular complexity index is 1200. The van der Waals surface area contributed by atoms with Crippen LogP contribution in [0.1, 0.15) is 11.1 Å². The molecule has 0 amide bonds. The van der Waals surface area contributed by atoms with Gasteiger partial charge in [0.2, 0.25) is 0 Å². The molecule has 6 nitrogen and oxygen atoms in total. The van der Waals surface area contributed by atoms with Gasteiger partial charge < -0.3 is 9.57 Å². The summed E-state index contributed by atoms with van der Waals surface area (Å²) < 4.78 is 8.56. The van der Waals surface area contributed by atoms with Crippen LogP contribution in [0.25, 0.3) is 0 Å². The topological polar surface area (TPSA) is 61.5 Å². The van der Waals surface area contributed by atoms with Crippen molar-refractivity contribution in [3.63, 3.8) is 0 Å². The molecule has 3 aromatic carbocycles. The highest BCUT2D eigenvalue weighted by Gasteiger charge is 2.09. The predicted octanol–water partition coefficient (Wildman–Crippen LogP) is 6.76. The van der Waals surface area contributed by atoms with E-state index in [1.54, 1.807) is 23.1 Å². The SMILES string of the molecule is Clc1ccc(CO/N=C(/Cn2cncn2)c2ccc(Oc3ccc(Br)cc3)cc2)c(Cl)c1. The van der Waals surface area contributed by atoms with Crippen molar-refractivity contribution >= 4 is 44.8 Å². The lowest BCUT2D eigenvalue weighted by Gasteiger charge is -2.10. The van der Waals surface area contributed by atoms with Crippen LogP contribution >= 0.6 is 39.1 Å². The first-order valence-corrected chi connectivity index (χ1v) is 11.1. The quantitative estimate of drug-likeness (QED) is 0.186. The highest BCUT2D eigenvalue weighted by Crippen LogP contribution is 2.24. The van der Waals surface area contributed by atoms with Gasteiger partial charge in [-0.3, -0.25) is 0 Å². The van der Waals surface area contributed by atoms with Crippen molar-refractivity contribution in [2.24, 2.45) is 5.16 Å². The molecule has 0 radical (unpaired) electrons. The van der Waals surface area contributed by atoms with E-state index in [1.165, 1.54) is 6.33 Å². The molecular weight excluding hydrogens is 515 g/mol. The van der Waals surface area contributed by atoms with E-state index < -0.39 is 0 Å². The van der Waals surface area contributed by atoms with Crippen molar-refractivity contribution < 1.29 is 9.57 Å². The van der Waals surface area contributed by atoms with E-state index in [1.807, 2.05) is 54.6 Å². The summed E-state index contributed by atoms with van der Waals surface area (Å²) >= 11 is 15.6. The van der Waals surface area contributed by atoms with Crippen molar-refractivity contribution in [1.82, 2.24) is 14.8 Å². The molecule has 9 heteroatoms. The van der Waals surface area contributed by atoms with E-state index in [9.17, 15) is 0 Å². The maximum atomic E-state index is 6.22. The van der Waals surface area contributed by atoms with Gasteiger partial charge in [-0.1, -0.05) is 50.4 Å². The molecule has 0 fully saturated rings. The molecule has 4 aromatic rings. The average Bonchev–Trinajstić information content (AvgIpc) is 3.30. The Morgan fingerprint density at radius 2 is 1.69 bits per heavy atom. The predicted molar refractivity (Wildman–Crippen MR) is 128 cm³/mol. The summed E-state index contributed by atoms with van der Waals surface area (Å²) in [6, 6.07) is 20.5. The van der Waals surface area contributed by atoms with Crippen LogP contribution in [0.4, 0.5) is 0 Å². The molecule has 0 aliphatic heterocycles. The maximum Gasteiger partial charge on any atom is 0.143 e. The van der Waals surface area contributed by atoms with E-state index in [0.717, 1.165) is 21.3 Å². The largest absolute Gasteiger partial charge is 0.457 e. The molecule has 0 atom stereocenters. The van der Waals surface area contributed by atoms with Gasteiger partial charge >= 0.3 is 0 Å². The number of hydrogen-bond acceptors (Lipinski definition) is 5. The lowest BCUT2D eigenvalue weighted by atomic mass is 10.1. The Kier molecular flexibility index (Phi) is 7.42. The standard InChI is InChI=1S/C23H17BrCl2N4O2/c24-18-4-9-21(10-5-18)32-20-7-2-16(3-8-20)23(12-30-15-27-14-28-30)29-31-13-17-1-6-19(25)11-22(17)26/h1-11,14-15H,12-13H2/b29-23-. The van der Waals surface area contributed by atoms with E-state index in [-0.39, 0.29) is 6.61 Å². The average molecular weight is 532 g/mol. The fourth-order valence-electron chi connectivity index (χ4n) is 2.81. The number of oxime groups is 1. The zero-order chi connectivity index (χ0) is 22.3. The van der Waals surface area contributed by atoms with Crippen LogP contribution in [-0.4, -0.2) is 20.5 Å². The van der Waals surface area contributed by atoms with Crippen molar-refractivity contribution in [3.8, 4) is 11.5 Å². The van der Waals surface area contributed by atoms with Crippen molar-refractivity contribution in [1.29, 1.82) is 0 Å². The monoisotopic (exact) mass is 530 g/mol. The second kappa shape index (κ2) is 10.6. The van der Waals surface area contributed by atoms with Crippen molar-refractivity contribution in [3.05, 3.63) is 105 Å². The van der Waals surface area contributed by atoms with Gasteiger partial charge in [-0.25, -0.2) is 9.67 Å². The van der Waals surface area contributed by atoms with Gasteiger partial charge in [0, 0.05) is 25.6 Å². The molecule has 1 aromatic heterocycles. The normalized spacial score (nSPS) is 11.4. The van der Waals surface area contributed by atoms with Gasteiger partial charge in [0.25, 0.3) is 0 Å². The number of ether oxygens (including phenoxy) is 1. The van der Waals surface area contributed by atoms with Gasteiger partial charge in [0.15, 0.2) is 0 Å². The summed E-state index contributed by atoms with van der Waals surface area (Å²) in [6.07, 6.45) is 3.09. The number of aromatic nitrogens is 3. The molecule has 0 spiro atoms. The van der Waals surface area contributed by atoms with Crippen LogP contribution in [0.5, 0.6) is 11.5 Å². The number of hydrogen-bond donors (Lipinski definition) is 0. The molecular formula is C23H17BrCl2N4O2.